The molecule has 0 amide bonds. The van der Waals surface area contributed by atoms with E-state index < -0.39 is 0 Å². The van der Waals surface area contributed by atoms with Crippen LogP contribution >= 0.6 is 0 Å². The minimum Gasteiger partial charge on any atom is -0.507 e. The van der Waals surface area contributed by atoms with Crippen molar-refractivity contribution in [3.63, 3.8) is 0 Å². The molecule has 3 atom stereocenters. The van der Waals surface area contributed by atoms with Crippen LogP contribution in [0.3, 0.4) is 0 Å². The number of benzene rings is 1. The van der Waals surface area contributed by atoms with Crippen LogP contribution in [0.15, 0.2) is 42.7 Å². The van der Waals surface area contributed by atoms with Gasteiger partial charge in [0.2, 0.25) is 0 Å². The summed E-state index contributed by atoms with van der Waals surface area (Å²) in [5.74, 6) is 2.86. The summed E-state index contributed by atoms with van der Waals surface area (Å²) >= 11 is 0. The van der Waals surface area contributed by atoms with Gasteiger partial charge in [0.15, 0.2) is 5.82 Å². The number of fused-ring (bicyclic) bond motifs is 2. The standard InChI is InChI=1S/C23H27N5O/c1-15-13-24-28(14-15)18-5-6-20(22(29)12-18)21-7-8-23(26-25-21)27(2)19-10-16-3-4-17(9-16)11-19/h5-8,12-14,16-17,19,29H,3-4,9-11H2,1-2H3/t16-,17?,19+/m0/s1. The van der Waals surface area contributed by atoms with E-state index in [0.29, 0.717) is 17.3 Å². The smallest absolute Gasteiger partial charge is 0.151 e. The van der Waals surface area contributed by atoms with Crippen LogP contribution in [0, 0.1) is 18.8 Å². The van der Waals surface area contributed by atoms with Crippen LogP contribution in [0.1, 0.15) is 37.7 Å². The molecule has 2 fully saturated rings. The lowest BCUT2D eigenvalue weighted by Gasteiger charge is -2.35. The third-order valence-electron chi connectivity index (χ3n) is 6.65. The SMILES string of the molecule is Cc1cnn(-c2ccc(-c3ccc(N(C)[C@H]4CC5CC[C@@H](C5)C4)nn3)c(O)c2)c1. The Morgan fingerprint density at radius 3 is 2.45 bits per heavy atom. The van der Waals surface area contributed by atoms with Gasteiger partial charge in [-0.15, -0.1) is 10.2 Å². The van der Waals surface area contributed by atoms with Crippen molar-refractivity contribution < 1.29 is 5.11 Å². The molecule has 2 aliphatic rings. The molecule has 2 aromatic heterocycles. The molecule has 0 aliphatic heterocycles. The van der Waals surface area contributed by atoms with Crippen LogP contribution in [-0.2, 0) is 0 Å². The minimum atomic E-state index is 0.176. The third-order valence-corrected chi connectivity index (χ3v) is 6.65. The summed E-state index contributed by atoms with van der Waals surface area (Å²) in [5, 5.41) is 23.7. The molecule has 2 heterocycles. The Morgan fingerprint density at radius 2 is 1.83 bits per heavy atom. The molecular formula is C23H27N5O. The second kappa shape index (κ2) is 7.17. The highest BCUT2D eigenvalue weighted by molar-refractivity contribution is 5.69. The zero-order chi connectivity index (χ0) is 20.0. The Labute approximate surface area is 171 Å². The van der Waals surface area contributed by atoms with Gasteiger partial charge in [0, 0.05) is 30.9 Å². The summed E-state index contributed by atoms with van der Waals surface area (Å²) in [4.78, 5) is 2.30. The molecule has 6 nitrogen and oxygen atoms in total. The molecule has 1 aromatic carbocycles. The molecule has 1 N–H and O–H groups in total. The van der Waals surface area contributed by atoms with Crippen LogP contribution in [0.5, 0.6) is 5.75 Å². The molecule has 0 saturated heterocycles. The quantitative estimate of drug-likeness (QED) is 0.718. The zero-order valence-corrected chi connectivity index (χ0v) is 17.0. The van der Waals surface area contributed by atoms with Gasteiger partial charge in [-0.05, 0) is 67.9 Å². The van der Waals surface area contributed by atoms with Gasteiger partial charge in [0.25, 0.3) is 0 Å². The summed E-state index contributed by atoms with van der Waals surface area (Å²) in [6, 6.07) is 10.0. The molecule has 0 spiro atoms. The average molecular weight is 390 g/mol. The van der Waals surface area contributed by atoms with Gasteiger partial charge in [0.1, 0.15) is 5.75 Å². The second-order valence-electron chi connectivity index (χ2n) is 8.72. The Morgan fingerprint density at radius 1 is 1.03 bits per heavy atom. The lowest BCUT2D eigenvalue weighted by molar-refractivity contribution is 0.312. The van der Waals surface area contributed by atoms with Gasteiger partial charge in [-0.2, -0.15) is 5.10 Å². The number of anilines is 1. The Hall–Kier alpha value is -2.89. The minimum absolute atomic E-state index is 0.176. The highest BCUT2D eigenvalue weighted by Gasteiger charge is 2.36. The fraction of sp³-hybridized carbons (Fsp3) is 0.435. The lowest BCUT2D eigenvalue weighted by Crippen LogP contribution is -2.37. The van der Waals surface area contributed by atoms with Crippen LogP contribution < -0.4 is 4.90 Å². The van der Waals surface area contributed by atoms with Gasteiger partial charge in [-0.25, -0.2) is 4.68 Å². The number of rotatable bonds is 4. The fourth-order valence-corrected chi connectivity index (χ4v) is 5.07. The predicted octanol–water partition coefficient (Wildman–Crippen LogP) is 4.36. The van der Waals surface area contributed by atoms with E-state index in [4.69, 9.17) is 0 Å². The highest BCUT2D eigenvalue weighted by Crippen LogP contribution is 2.43. The number of hydrogen-bond donors (Lipinski definition) is 1. The first kappa shape index (κ1) is 18.2. The zero-order valence-electron chi connectivity index (χ0n) is 17.0. The Bertz CT molecular complexity index is 1000. The van der Waals surface area contributed by atoms with Crippen LogP contribution in [0.2, 0.25) is 0 Å². The van der Waals surface area contributed by atoms with Crippen LogP contribution in [-0.4, -0.2) is 38.2 Å². The van der Waals surface area contributed by atoms with Gasteiger partial charge in [-0.1, -0.05) is 12.8 Å². The largest absolute Gasteiger partial charge is 0.507 e. The van der Waals surface area contributed by atoms with Crippen molar-refractivity contribution in [2.75, 3.05) is 11.9 Å². The monoisotopic (exact) mass is 389 g/mol. The number of aryl methyl sites for hydroxylation is 1. The molecular weight excluding hydrogens is 362 g/mol. The van der Waals surface area contributed by atoms with Gasteiger partial charge < -0.3 is 10.0 Å². The summed E-state index contributed by atoms with van der Waals surface area (Å²) in [6.07, 6.45) is 10.5. The van der Waals surface area contributed by atoms with E-state index in [1.165, 1.54) is 32.1 Å². The number of phenolic OH excluding ortho intramolecular Hbond substituents is 1. The first-order valence-corrected chi connectivity index (χ1v) is 10.5. The van der Waals surface area contributed by atoms with Gasteiger partial charge >= 0.3 is 0 Å². The van der Waals surface area contributed by atoms with Gasteiger partial charge in [0.05, 0.1) is 17.6 Å². The van der Waals surface area contributed by atoms with E-state index in [9.17, 15) is 5.11 Å². The van der Waals surface area contributed by atoms with E-state index >= 15 is 0 Å². The highest BCUT2D eigenvalue weighted by atomic mass is 16.3. The van der Waals surface area contributed by atoms with E-state index in [0.717, 1.165) is 28.9 Å². The van der Waals surface area contributed by atoms with E-state index in [2.05, 4.69) is 27.2 Å². The Kier molecular flexibility index (Phi) is 4.49. The van der Waals surface area contributed by atoms with Crippen molar-refractivity contribution in [1.82, 2.24) is 20.0 Å². The molecule has 3 aromatic rings. The summed E-state index contributed by atoms with van der Waals surface area (Å²) in [7, 11) is 2.14. The van der Waals surface area contributed by atoms with Crippen molar-refractivity contribution in [3.8, 4) is 22.7 Å². The molecule has 6 heteroatoms. The third kappa shape index (κ3) is 3.48. The van der Waals surface area contributed by atoms with E-state index in [-0.39, 0.29) is 5.75 Å². The van der Waals surface area contributed by atoms with Crippen molar-refractivity contribution in [3.05, 3.63) is 48.3 Å². The molecule has 29 heavy (non-hydrogen) atoms. The topological polar surface area (TPSA) is 67.1 Å². The lowest BCUT2D eigenvalue weighted by atomic mass is 9.85. The molecule has 5 rings (SSSR count). The summed E-state index contributed by atoms with van der Waals surface area (Å²) in [5.41, 5.74) is 3.24. The maximum Gasteiger partial charge on any atom is 0.151 e. The maximum atomic E-state index is 10.5. The Balaban J connectivity index is 1.34. The average Bonchev–Trinajstić information content (AvgIpc) is 3.32. The first-order chi connectivity index (χ1) is 14.1. The van der Waals surface area contributed by atoms with Crippen molar-refractivity contribution in [2.24, 2.45) is 11.8 Å². The number of aromatic nitrogens is 4. The molecule has 2 bridgehead atoms. The predicted molar refractivity (Wildman–Crippen MR) is 113 cm³/mol. The van der Waals surface area contributed by atoms with E-state index in [1.54, 1.807) is 16.9 Å². The summed E-state index contributed by atoms with van der Waals surface area (Å²) in [6.45, 7) is 1.99. The second-order valence-corrected chi connectivity index (χ2v) is 8.72. The van der Waals surface area contributed by atoms with Crippen molar-refractivity contribution in [2.45, 2.75) is 45.1 Å². The normalized spacial score (nSPS) is 23.3. The number of aromatic hydroxyl groups is 1. The molecule has 150 valence electrons. The molecule has 1 unspecified atom stereocenters. The maximum absolute atomic E-state index is 10.5. The van der Waals surface area contributed by atoms with Gasteiger partial charge in [-0.3, -0.25) is 0 Å². The van der Waals surface area contributed by atoms with Crippen molar-refractivity contribution >= 4 is 5.82 Å². The number of nitrogens with zero attached hydrogens (tertiary/aromatic N) is 5. The van der Waals surface area contributed by atoms with E-state index in [1.807, 2.05) is 37.4 Å². The van der Waals surface area contributed by atoms with Crippen LogP contribution in [0.25, 0.3) is 16.9 Å². The molecule has 2 saturated carbocycles. The number of hydrogen-bond acceptors (Lipinski definition) is 5. The van der Waals surface area contributed by atoms with Crippen molar-refractivity contribution in [1.29, 1.82) is 0 Å². The first-order valence-electron chi connectivity index (χ1n) is 10.5. The molecule has 2 aliphatic carbocycles. The summed E-state index contributed by atoms with van der Waals surface area (Å²) < 4.78 is 1.75. The molecule has 0 radical (unpaired) electrons. The number of phenols is 1. The van der Waals surface area contributed by atoms with Crippen LogP contribution in [0.4, 0.5) is 5.82 Å². The fourth-order valence-electron chi connectivity index (χ4n) is 5.07.